The van der Waals surface area contributed by atoms with Crippen LogP contribution in [0.1, 0.15) is 0 Å². The summed E-state index contributed by atoms with van der Waals surface area (Å²) in [5.74, 6) is -5.90. The smallest absolute Gasteiger partial charge is 0.204 e. The molecule has 0 heterocycles. The van der Waals surface area contributed by atoms with Crippen molar-refractivity contribution < 1.29 is 18.3 Å². The summed E-state index contributed by atoms with van der Waals surface area (Å²) in [5.41, 5.74) is 0. The van der Waals surface area contributed by atoms with Crippen molar-refractivity contribution in [1.82, 2.24) is 0 Å². The molecule has 0 amide bonds. The second-order valence-corrected chi connectivity index (χ2v) is 2.22. The number of benzene rings is 1. The van der Waals surface area contributed by atoms with Crippen LogP contribution < -0.4 is 0 Å². The summed E-state index contributed by atoms with van der Waals surface area (Å²) in [4.78, 5) is 0. The highest BCUT2D eigenvalue weighted by molar-refractivity contribution is 6.32. The van der Waals surface area contributed by atoms with E-state index in [1.54, 1.807) is 0 Å². The Bertz CT molecular complexity index is 274. The number of hydrogen-bond acceptors (Lipinski definition) is 1. The molecule has 11 heavy (non-hydrogen) atoms. The molecule has 0 bridgehead atoms. The summed E-state index contributed by atoms with van der Waals surface area (Å²) < 4.78 is 36.7. The zero-order chi connectivity index (χ0) is 8.59. The van der Waals surface area contributed by atoms with Gasteiger partial charge in [-0.3, -0.25) is 0 Å². The van der Waals surface area contributed by atoms with Crippen molar-refractivity contribution in [3.8, 4) is 5.75 Å². The van der Waals surface area contributed by atoms with Crippen molar-refractivity contribution in [2.24, 2.45) is 0 Å². The Hall–Kier alpha value is -0.900. The lowest BCUT2D eigenvalue weighted by atomic mass is 10.3. The molecule has 5 heteroatoms. The van der Waals surface area contributed by atoms with Gasteiger partial charge in [-0.05, 0) is 6.07 Å². The fourth-order valence-electron chi connectivity index (χ4n) is 0.557. The highest BCUT2D eigenvalue weighted by Gasteiger charge is 2.16. The van der Waals surface area contributed by atoms with Gasteiger partial charge in [0, 0.05) is 0 Å². The molecule has 1 aromatic rings. The van der Waals surface area contributed by atoms with E-state index in [4.69, 9.17) is 16.7 Å². The van der Waals surface area contributed by atoms with Crippen molar-refractivity contribution >= 4 is 11.6 Å². The number of phenolic OH excluding ortho intramolecular Hbond substituents is 1. The molecule has 60 valence electrons. The third kappa shape index (κ3) is 1.26. The SMILES string of the molecule is Oc1c(Cl)cc(F)c(F)c1F. The van der Waals surface area contributed by atoms with Gasteiger partial charge in [-0.1, -0.05) is 11.6 Å². The zero-order valence-corrected chi connectivity index (χ0v) is 5.79. The molecule has 0 aromatic heterocycles. The second-order valence-electron chi connectivity index (χ2n) is 1.82. The lowest BCUT2D eigenvalue weighted by molar-refractivity contribution is 0.387. The molecular formula is C6H2ClF3O. The highest BCUT2D eigenvalue weighted by Crippen LogP contribution is 2.29. The van der Waals surface area contributed by atoms with Gasteiger partial charge in [0.2, 0.25) is 5.82 Å². The Labute approximate surface area is 65.0 Å². The largest absolute Gasteiger partial charge is 0.504 e. The molecule has 1 N–H and O–H groups in total. The van der Waals surface area contributed by atoms with Crippen LogP contribution in [-0.2, 0) is 0 Å². The summed E-state index contributed by atoms with van der Waals surface area (Å²) in [6.45, 7) is 0. The maximum Gasteiger partial charge on any atom is 0.204 e. The normalized spacial score (nSPS) is 10.2. The first kappa shape index (κ1) is 8.20. The maximum absolute atomic E-state index is 12.3. The zero-order valence-electron chi connectivity index (χ0n) is 5.04. The van der Waals surface area contributed by atoms with Crippen LogP contribution in [0.5, 0.6) is 5.75 Å². The molecule has 0 atom stereocenters. The average molecular weight is 183 g/mol. The summed E-state index contributed by atoms with van der Waals surface area (Å²) >= 11 is 5.09. The quantitative estimate of drug-likeness (QED) is 0.483. The van der Waals surface area contributed by atoms with Crippen molar-refractivity contribution in [3.05, 3.63) is 28.5 Å². The molecule has 1 rings (SSSR count). The first-order chi connectivity index (χ1) is 5.04. The summed E-state index contributed by atoms with van der Waals surface area (Å²) in [6, 6.07) is 0.495. The van der Waals surface area contributed by atoms with Crippen LogP contribution in [0.15, 0.2) is 6.07 Å². The van der Waals surface area contributed by atoms with Gasteiger partial charge in [-0.2, -0.15) is 4.39 Å². The first-order valence-corrected chi connectivity index (χ1v) is 2.93. The van der Waals surface area contributed by atoms with Crippen LogP contribution >= 0.6 is 11.6 Å². The van der Waals surface area contributed by atoms with E-state index in [0.717, 1.165) is 0 Å². The molecule has 0 spiro atoms. The van der Waals surface area contributed by atoms with E-state index in [1.165, 1.54) is 0 Å². The fourth-order valence-corrected chi connectivity index (χ4v) is 0.735. The van der Waals surface area contributed by atoms with Gasteiger partial charge in [-0.15, -0.1) is 0 Å². The van der Waals surface area contributed by atoms with Crippen LogP contribution in [-0.4, -0.2) is 5.11 Å². The van der Waals surface area contributed by atoms with Gasteiger partial charge in [0.05, 0.1) is 5.02 Å². The molecule has 0 aliphatic rings. The van der Waals surface area contributed by atoms with Crippen LogP contribution in [0.3, 0.4) is 0 Å². The van der Waals surface area contributed by atoms with Gasteiger partial charge in [0.1, 0.15) is 0 Å². The monoisotopic (exact) mass is 182 g/mol. The number of hydrogen-bond donors (Lipinski definition) is 1. The predicted octanol–water partition coefficient (Wildman–Crippen LogP) is 2.46. The molecule has 0 unspecified atom stereocenters. The Kier molecular flexibility index (Phi) is 1.95. The first-order valence-electron chi connectivity index (χ1n) is 2.56. The molecule has 1 nitrogen and oxygen atoms in total. The predicted molar refractivity (Wildman–Crippen MR) is 33.0 cm³/mol. The highest BCUT2D eigenvalue weighted by atomic mass is 35.5. The van der Waals surface area contributed by atoms with Gasteiger partial charge in [0.25, 0.3) is 0 Å². The van der Waals surface area contributed by atoms with Crippen molar-refractivity contribution in [2.45, 2.75) is 0 Å². The molecular weight excluding hydrogens is 181 g/mol. The van der Waals surface area contributed by atoms with Gasteiger partial charge >= 0.3 is 0 Å². The minimum absolute atomic E-state index is 0.495. The van der Waals surface area contributed by atoms with E-state index >= 15 is 0 Å². The maximum atomic E-state index is 12.3. The van der Waals surface area contributed by atoms with E-state index < -0.39 is 28.2 Å². The molecule has 0 fully saturated rings. The van der Waals surface area contributed by atoms with Crippen LogP contribution in [0.25, 0.3) is 0 Å². The van der Waals surface area contributed by atoms with Crippen LogP contribution in [0.2, 0.25) is 5.02 Å². The minimum Gasteiger partial charge on any atom is -0.504 e. The Morgan fingerprint density at radius 1 is 1.18 bits per heavy atom. The average Bonchev–Trinajstić information content (AvgIpc) is 1.97. The summed E-state index contributed by atoms with van der Waals surface area (Å²) in [5, 5.41) is 8.04. The molecule has 0 saturated carbocycles. The van der Waals surface area contributed by atoms with Crippen molar-refractivity contribution in [3.63, 3.8) is 0 Å². The van der Waals surface area contributed by atoms with Crippen molar-refractivity contribution in [1.29, 1.82) is 0 Å². The molecule has 0 aliphatic carbocycles. The topological polar surface area (TPSA) is 20.2 Å². The third-order valence-corrected chi connectivity index (χ3v) is 1.38. The van der Waals surface area contributed by atoms with E-state index in [9.17, 15) is 13.2 Å². The van der Waals surface area contributed by atoms with E-state index in [0.29, 0.717) is 6.07 Å². The number of phenols is 1. The van der Waals surface area contributed by atoms with E-state index in [1.807, 2.05) is 0 Å². The van der Waals surface area contributed by atoms with Crippen LogP contribution in [0, 0.1) is 17.5 Å². The van der Waals surface area contributed by atoms with E-state index in [-0.39, 0.29) is 0 Å². The number of halogens is 4. The second kappa shape index (κ2) is 2.62. The Balaban J connectivity index is 3.46. The molecule has 1 aromatic carbocycles. The van der Waals surface area contributed by atoms with Gasteiger partial charge < -0.3 is 5.11 Å². The fraction of sp³-hybridized carbons (Fsp3) is 0. The van der Waals surface area contributed by atoms with Crippen molar-refractivity contribution in [2.75, 3.05) is 0 Å². The Morgan fingerprint density at radius 2 is 1.73 bits per heavy atom. The van der Waals surface area contributed by atoms with E-state index in [2.05, 4.69) is 0 Å². The minimum atomic E-state index is -1.73. The molecule has 0 saturated heterocycles. The van der Waals surface area contributed by atoms with Crippen LogP contribution in [0.4, 0.5) is 13.2 Å². The molecule has 0 aliphatic heterocycles. The van der Waals surface area contributed by atoms with Gasteiger partial charge in [0.15, 0.2) is 17.4 Å². The molecule has 0 radical (unpaired) electrons. The number of aromatic hydroxyl groups is 1. The number of rotatable bonds is 0. The third-order valence-electron chi connectivity index (χ3n) is 1.09. The summed E-state index contributed by atoms with van der Waals surface area (Å²) in [6.07, 6.45) is 0. The Morgan fingerprint density at radius 3 is 2.27 bits per heavy atom. The standard InChI is InChI=1S/C6H2ClF3O/c7-2-1-3(8)4(9)5(10)6(2)11/h1,11H. The lowest BCUT2D eigenvalue weighted by Crippen LogP contribution is -1.90. The lowest BCUT2D eigenvalue weighted by Gasteiger charge is -1.99. The van der Waals surface area contributed by atoms with Gasteiger partial charge in [-0.25, -0.2) is 8.78 Å². The summed E-state index contributed by atoms with van der Waals surface area (Å²) in [7, 11) is 0.